The highest BCUT2D eigenvalue weighted by Gasteiger charge is 2.51. The third kappa shape index (κ3) is 5.82. The van der Waals surface area contributed by atoms with Crippen LogP contribution in [0, 0.1) is 11.3 Å². The summed E-state index contributed by atoms with van der Waals surface area (Å²) in [6.07, 6.45) is -2.29. The van der Waals surface area contributed by atoms with Crippen molar-refractivity contribution in [3.8, 4) is 23.3 Å². The summed E-state index contributed by atoms with van der Waals surface area (Å²) in [4.78, 5) is 27.5. The zero-order valence-electron chi connectivity index (χ0n) is 18.6. The van der Waals surface area contributed by atoms with Crippen LogP contribution in [0.15, 0.2) is 36.4 Å². The first-order valence-electron chi connectivity index (χ1n) is 10.8. The van der Waals surface area contributed by atoms with Gasteiger partial charge in [-0.25, -0.2) is 0 Å². The summed E-state index contributed by atoms with van der Waals surface area (Å²) in [6, 6.07) is 8.31. The maximum absolute atomic E-state index is 13.3. The number of rotatable bonds is 7. The Morgan fingerprint density at radius 2 is 1.71 bits per heavy atom. The van der Waals surface area contributed by atoms with Crippen molar-refractivity contribution in [3.05, 3.63) is 52.0 Å². The van der Waals surface area contributed by atoms with Crippen LogP contribution in [-0.4, -0.2) is 35.3 Å². The van der Waals surface area contributed by atoms with Crippen LogP contribution < -0.4 is 9.47 Å². The number of carbonyl (C=O) groups is 2. The molecule has 1 saturated heterocycles. The first kappa shape index (κ1) is 26.6. The topological polar surface area (TPSA) is 79.6 Å². The fourth-order valence-electron chi connectivity index (χ4n) is 3.60. The lowest BCUT2D eigenvalue weighted by Gasteiger charge is -2.34. The number of piperidine rings is 1. The van der Waals surface area contributed by atoms with Crippen molar-refractivity contribution in [1.82, 2.24) is 4.90 Å². The predicted octanol–water partition coefficient (Wildman–Crippen LogP) is 6.44. The van der Waals surface area contributed by atoms with Crippen LogP contribution in [0.5, 0.6) is 17.2 Å². The van der Waals surface area contributed by atoms with E-state index < -0.39 is 29.0 Å². The van der Waals surface area contributed by atoms with E-state index in [1.54, 1.807) is 6.07 Å². The Labute approximate surface area is 210 Å². The molecule has 0 spiro atoms. The van der Waals surface area contributed by atoms with Crippen LogP contribution >= 0.6 is 23.2 Å². The summed E-state index contributed by atoms with van der Waals surface area (Å²) in [6.45, 7) is 2.30. The van der Waals surface area contributed by atoms with Crippen LogP contribution in [0.2, 0.25) is 10.0 Å². The Morgan fingerprint density at radius 1 is 1.03 bits per heavy atom. The molecule has 35 heavy (non-hydrogen) atoms. The summed E-state index contributed by atoms with van der Waals surface area (Å²) in [7, 11) is 0. The first-order valence-corrected chi connectivity index (χ1v) is 11.5. The van der Waals surface area contributed by atoms with E-state index in [2.05, 4.69) is 0 Å². The maximum atomic E-state index is 13.3. The number of ether oxygens (including phenoxy) is 2. The molecule has 1 aliphatic heterocycles. The highest BCUT2D eigenvalue weighted by molar-refractivity contribution is 6.32. The molecule has 3 rings (SSSR count). The minimum Gasteiger partial charge on any atom is -0.456 e. The number of nitrogens with zero attached hydrogens (tertiary/aromatic N) is 2. The average Bonchev–Trinajstić information content (AvgIpc) is 2.84. The molecule has 1 atom stereocenters. The molecule has 0 radical (unpaired) electrons. The Kier molecular flexibility index (Phi) is 8.18. The van der Waals surface area contributed by atoms with E-state index >= 15 is 0 Å². The van der Waals surface area contributed by atoms with Gasteiger partial charge in [-0.3, -0.25) is 9.59 Å². The second-order valence-corrected chi connectivity index (χ2v) is 8.68. The zero-order chi connectivity index (χ0) is 25.8. The highest BCUT2D eigenvalue weighted by atomic mass is 35.5. The van der Waals surface area contributed by atoms with Crippen LogP contribution in [0.25, 0.3) is 0 Å². The molecule has 0 bridgehead atoms. The first-order chi connectivity index (χ1) is 16.5. The number of amides is 1. The van der Waals surface area contributed by atoms with Gasteiger partial charge in [0.25, 0.3) is 5.91 Å². The summed E-state index contributed by atoms with van der Waals surface area (Å²) in [5.74, 6) is -1.70. The molecule has 0 aliphatic carbocycles. The maximum Gasteiger partial charge on any atom is 0.416 e. The van der Waals surface area contributed by atoms with Gasteiger partial charge < -0.3 is 14.4 Å². The predicted molar refractivity (Wildman–Crippen MR) is 123 cm³/mol. The lowest BCUT2D eigenvalue weighted by molar-refractivity contribution is -0.152. The van der Waals surface area contributed by atoms with Crippen molar-refractivity contribution in [2.24, 2.45) is 0 Å². The van der Waals surface area contributed by atoms with Crippen molar-refractivity contribution < 1.29 is 32.2 Å². The third-order valence-electron chi connectivity index (χ3n) is 5.47. The summed E-state index contributed by atoms with van der Waals surface area (Å²) in [5.41, 5.74) is -3.39. The zero-order valence-corrected chi connectivity index (χ0v) is 20.1. The molecule has 6 nitrogen and oxygen atoms in total. The van der Waals surface area contributed by atoms with Gasteiger partial charge >= 0.3 is 11.8 Å². The lowest BCUT2D eigenvalue weighted by atomic mass is 9.94. The second-order valence-electron chi connectivity index (χ2n) is 7.86. The van der Waals surface area contributed by atoms with E-state index in [0.29, 0.717) is 13.1 Å². The molecule has 1 heterocycles. The number of benzene rings is 2. The van der Waals surface area contributed by atoms with E-state index in [4.69, 9.17) is 32.7 Å². The SMILES string of the molecule is CCC(=O)C(C#N)(Oc1cc(Oc2ccc(C(F)(F)F)cc2Cl)ccc1Cl)C(=O)N1CCCCC1. The number of ketones is 1. The molecule has 0 aromatic heterocycles. The van der Waals surface area contributed by atoms with Gasteiger partial charge in [-0.2, -0.15) is 18.4 Å². The highest BCUT2D eigenvalue weighted by Crippen LogP contribution is 2.39. The van der Waals surface area contributed by atoms with Gasteiger partial charge in [0.15, 0.2) is 0 Å². The Bertz CT molecular complexity index is 1160. The number of alkyl halides is 3. The number of hydrogen-bond donors (Lipinski definition) is 0. The molecule has 0 saturated carbocycles. The molecule has 11 heteroatoms. The van der Waals surface area contributed by atoms with Crippen molar-refractivity contribution in [3.63, 3.8) is 0 Å². The van der Waals surface area contributed by atoms with E-state index in [9.17, 15) is 28.0 Å². The molecule has 1 amide bonds. The van der Waals surface area contributed by atoms with Gasteiger partial charge in [0.2, 0.25) is 5.78 Å². The molecule has 1 fully saturated rings. The Balaban J connectivity index is 1.93. The molecular formula is C24H21Cl2F3N2O4. The van der Waals surface area contributed by atoms with E-state index in [-0.39, 0.29) is 33.7 Å². The monoisotopic (exact) mass is 528 g/mol. The standard InChI is InChI=1S/C24H21Cl2F3N2O4/c1-2-21(32)23(14-30,22(33)31-10-4-3-5-11-31)35-20-13-16(7-8-17(20)25)34-19-9-6-15(12-18(19)26)24(27,28)29/h6-9,12-13H,2-5,10-11H2,1H3. The van der Waals surface area contributed by atoms with Gasteiger partial charge in [-0.1, -0.05) is 30.1 Å². The molecule has 2 aromatic carbocycles. The molecule has 1 unspecified atom stereocenters. The molecule has 0 N–H and O–H groups in total. The number of nitriles is 1. The van der Waals surface area contributed by atoms with E-state index in [0.717, 1.165) is 37.5 Å². The van der Waals surface area contributed by atoms with Crippen molar-refractivity contribution in [2.75, 3.05) is 13.1 Å². The summed E-state index contributed by atoms with van der Waals surface area (Å²) < 4.78 is 50.0. The van der Waals surface area contributed by atoms with Crippen molar-refractivity contribution in [1.29, 1.82) is 5.26 Å². The fourth-order valence-corrected chi connectivity index (χ4v) is 3.97. The quantitative estimate of drug-likeness (QED) is 0.386. The smallest absolute Gasteiger partial charge is 0.416 e. The number of halogens is 5. The van der Waals surface area contributed by atoms with Crippen LogP contribution in [0.3, 0.4) is 0 Å². The van der Waals surface area contributed by atoms with Crippen LogP contribution in [-0.2, 0) is 15.8 Å². The van der Waals surface area contributed by atoms with Crippen molar-refractivity contribution >= 4 is 34.9 Å². The van der Waals surface area contributed by atoms with Gasteiger partial charge in [-0.05, 0) is 49.6 Å². The average molecular weight is 529 g/mol. The molecule has 1 aliphatic rings. The van der Waals surface area contributed by atoms with E-state index in [1.807, 2.05) is 0 Å². The van der Waals surface area contributed by atoms with E-state index in [1.165, 1.54) is 30.0 Å². The van der Waals surface area contributed by atoms with Gasteiger partial charge in [0.05, 0.1) is 15.6 Å². The largest absolute Gasteiger partial charge is 0.456 e. The number of hydrogen-bond acceptors (Lipinski definition) is 5. The van der Waals surface area contributed by atoms with Gasteiger partial charge in [-0.15, -0.1) is 0 Å². The lowest BCUT2D eigenvalue weighted by Crippen LogP contribution is -2.58. The van der Waals surface area contributed by atoms with Crippen LogP contribution in [0.1, 0.15) is 38.2 Å². The Hall–Kier alpha value is -2.96. The molecule has 186 valence electrons. The van der Waals surface area contributed by atoms with Gasteiger partial charge in [0.1, 0.15) is 23.3 Å². The fraction of sp³-hybridized carbons (Fsp3) is 0.375. The third-order valence-corrected chi connectivity index (χ3v) is 6.08. The molecular weight excluding hydrogens is 508 g/mol. The minimum atomic E-state index is -4.57. The van der Waals surface area contributed by atoms with Gasteiger partial charge in [0, 0.05) is 25.6 Å². The summed E-state index contributed by atoms with van der Waals surface area (Å²) in [5, 5.41) is 9.64. The van der Waals surface area contributed by atoms with Crippen molar-refractivity contribution in [2.45, 2.75) is 44.4 Å². The molecule has 2 aromatic rings. The number of likely N-dealkylation sites (tertiary alicyclic amines) is 1. The number of carbonyl (C=O) groups excluding carboxylic acids is 2. The number of Topliss-reactive ketones (excluding diaryl/α,β-unsaturated/α-hetero) is 1. The minimum absolute atomic E-state index is 0.00848. The Morgan fingerprint density at radius 3 is 2.29 bits per heavy atom. The second kappa shape index (κ2) is 10.8. The summed E-state index contributed by atoms with van der Waals surface area (Å²) >= 11 is 12.2. The van der Waals surface area contributed by atoms with Crippen LogP contribution in [0.4, 0.5) is 13.2 Å². The normalized spacial score (nSPS) is 15.6.